The molecule has 0 atom stereocenters. The first-order valence-corrected chi connectivity index (χ1v) is 17.8. The lowest BCUT2D eigenvalue weighted by Crippen LogP contribution is -2.27. The number of ether oxygens (including phenoxy) is 2. The van der Waals surface area contributed by atoms with Gasteiger partial charge in [0.05, 0.1) is 0 Å². The molecule has 2 N–H and O–H groups in total. The van der Waals surface area contributed by atoms with Crippen LogP contribution in [-0.4, -0.2) is 75.5 Å². The van der Waals surface area contributed by atoms with Crippen LogP contribution in [0.15, 0.2) is 24.3 Å². The van der Waals surface area contributed by atoms with E-state index in [9.17, 15) is 9.59 Å². The Kier molecular flexibility index (Phi) is 25.4. The van der Waals surface area contributed by atoms with Crippen LogP contribution in [0.4, 0.5) is 21.0 Å². The molecule has 0 saturated heterocycles. The summed E-state index contributed by atoms with van der Waals surface area (Å²) in [5.74, 6) is 0. The van der Waals surface area contributed by atoms with Crippen LogP contribution in [0.3, 0.4) is 0 Å². The van der Waals surface area contributed by atoms with Crippen LogP contribution in [0.5, 0.6) is 0 Å². The molecule has 0 aliphatic carbocycles. The Bertz CT molecular complexity index is 775. The molecule has 44 heavy (non-hydrogen) atoms. The average molecular weight is 619 g/mol. The fourth-order valence-electron chi connectivity index (χ4n) is 5.18. The van der Waals surface area contributed by atoms with E-state index in [-0.39, 0.29) is 0 Å². The molecule has 254 valence electrons. The molecule has 0 radical (unpaired) electrons. The lowest BCUT2D eigenvalue weighted by molar-refractivity contribution is 0.145. The topological polar surface area (TPSA) is 83.1 Å². The van der Waals surface area contributed by atoms with Crippen LogP contribution in [0.25, 0.3) is 0 Å². The van der Waals surface area contributed by atoms with Crippen molar-refractivity contribution in [1.82, 2.24) is 9.80 Å². The van der Waals surface area contributed by atoms with Gasteiger partial charge < -0.3 is 19.3 Å². The molecule has 1 aromatic rings. The minimum absolute atomic E-state index is 0.331. The number of carbonyl (C=O) groups excluding carboxylic acids is 2. The third-order valence-corrected chi connectivity index (χ3v) is 8.05. The molecule has 0 aromatic heterocycles. The van der Waals surface area contributed by atoms with E-state index in [1.54, 1.807) is 24.3 Å². The molecule has 0 aliphatic heterocycles. The highest BCUT2D eigenvalue weighted by molar-refractivity contribution is 5.88. The van der Waals surface area contributed by atoms with E-state index in [1.165, 1.54) is 116 Å². The molecular weight excluding hydrogens is 552 g/mol. The van der Waals surface area contributed by atoms with Gasteiger partial charge in [0.1, 0.15) is 13.2 Å². The van der Waals surface area contributed by atoms with Crippen molar-refractivity contribution in [3.05, 3.63) is 24.3 Å². The number of hydrogen-bond donors (Lipinski definition) is 2. The minimum atomic E-state index is -0.504. The normalized spacial score (nSPS) is 11.2. The van der Waals surface area contributed by atoms with Crippen LogP contribution in [0, 0.1) is 0 Å². The lowest BCUT2D eigenvalue weighted by atomic mass is 10.1. The van der Waals surface area contributed by atoms with E-state index in [0.29, 0.717) is 37.7 Å². The number of nitrogens with one attached hydrogen (secondary N) is 2. The largest absolute Gasteiger partial charge is 0.448 e. The molecule has 0 spiro atoms. The SMILES string of the molecule is CCCCCCCCCCCN(C)CCOC(=O)Nc1cccc(NC(=O)OCCN(C)CCCCCCCCCCC)c1. The summed E-state index contributed by atoms with van der Waals surface area (Å²) < 4.78 is 10.7. The van der Waals surface area contributed by atoms with E-state index in [0.717, 1.165) is 13.1 Å². The zero-order chi connectivity index (χ0) is 32.1. The van der Waals surface area contributed by atoms with Crippen molar-refractivity contribution in [3.8, 4) is 0 Å². The maximum Gasteiger partial charge on any atom is 0.411 e. The van der Waals surface area contributed by atoms with Crippen LogP contribution >= 0.6 is 0 Å². The first-order valence-electron chi connectivity index (χ1n) is 17.8. The molecule has 0 fully saturated rings. The van der Waals surface area contributed by atoms with Crippen LogP contribution in [0.2, 0.25) is 0 Å². The number of rotatable bonds is 28. The van der Waals surface area contributed by atoms with Gasteiger partial charge in [0.15, 0.2) is 0 Å². The number of unbranched alkanes of at least 4 members (excludes halogenated alkanes) is 16. The zero-order valence-electron chi connectivity index (χ0n) is 28.8. The number of likely N-dealkylation sites (N-methyl/N-ethyl adjacent to an activating group) is 2. The van der Waals surface area contributed by atoms with E-state index >= 15 is 0 Å². The van der Waals surface area contributed by atoms with Crippen molar-refractivity contribution >= 4 is 23.6 Å². The zero-order valence-corrected chi connectivity index (χ0v) is 28.8. The molecular formula is C36H66N4O4. The molecule has 0 bridgehead atoms. The summed E-state index contributed by atoms with van der Waals surface area (Å²) in [6, 6.07) is 6.97. The first-order chi connectivity index (χ1) is 21.4. The van der Waals surface area contributed by atoms with Crippen molar-refractivity contribution in [3.63, 3.8) is 0 Å². The molecule has 0 heterocycles. The fraction of sp³-hybridized carbons (Fsp3) is 0.778. The fourth-order valence-corrected chi connectivity index (χ4v) is 5.18. The maximum absolute atomic E-state index is 12.3. The maximum atomic E-state index is 12.3. The Labute approximate surface area is 270 Å². The van der Waals surface area contributed by atoms with Gasteiger partial charge in [0, 0.05) is 24.5 Å². The van der Waals surface area contributed by atoms with Gasteiger partial charge >= 0.3 is 12.2 Å². The number of anilines is 2. The summed E-state index contributed by atoms with van der Waals surface area (Å²) in [6.07, 6.45) is 22.7. The van der Waals surface area contributed by atoms with Gasteiger partial charge in [-0.3, -0.25) is 10.6 Å². The van der Waals surface area contributed by atoms with Crippen molar-refractivity contribution in [2.45, 2.75) is 129 Å². The van der Waals surface area contributed by atoms with Gasteiger partial charge in [-0.1, -0.05) is 123 Å². The summed E-state index contributed by atoms with van der Waals surface area (Å²) in [6.45, 7) is 8.60. The number of hydrogen-bond acceptors (Lipinski definition) is 6. The Morgan fingerprint density at radius 3 is 1.25 bits per heavy atom. The number of benzene rings is 1. The van der Waals surface area contributed by atoms with Gasteiger partial charge in [-0.25, -0.2) is 9.59 Å². The van der Waals surface area contributed by atoms with Crippen molar-refractivity contribution in [2.24, 2.45) is 0 Å². The summed E-state index contributed by atoms with van der Waals surface area (Å²) in [5.41, 5.74) is 1.10. The van der Waals surface area contributed by atoms with Gasteiger partial charge in [-0.15, -0.1) is 0 Å². The Balaban J connectivity index is 2.11. The van der Waals surface area contributed by atoms with E-state index < -0.39 is 12.2 Å². The van der Waals surface area contributed by atoms with Crippen LogP contribution in [-0.2, 0) is 9.47 Å². The molecule has 8 nitrogen and oxygen atoms in total. The average Bonchev–Trinajstić information content (AvgIpc) is 2.99. The molecule has 2 amide bonds. The second-order valence-corrected chi connectivity index (χ2v) is 12.4. The molecule has 0 aliphatic rings. The summed E-state index contributed by atoms with van der Waals surface area (Å²) in [5, 5.41) is 5.47. The second kappa shape index (κ2) is 28.2. The third kappa shape index (κ3) is 24.1. The molecule has 8 heteroatoms. The standard InChI is InChI=1S/C36H66N4O4/c1-5-7-9-11-13-15-17-19-21-26-39(3)28-30-43-35(41)37-33-24-23-25-34(32-33)38-36(42)44-31-29-40(4)27-22-20-18-16-14-12-10-8-6-2/h23-25,32H,5-22,26-31H2,1-4H3,(H,37,41)(H,38,42). The lowest BCUT2D eigenvalue weighted by Gasteiger charge is -2.17. The molecule has 0 unspecified atom stereocenters. The first kappa shape index (κ1) is 39.7. The minimum Gasteiger partial charge on any atom is -0.448 e. The monoisotopic (exact) mass is 619 g/mol. The van der Waals surface area contributed by atoms with E-state index in [1.807, 2.05) is 0 Å². The Hall–Kier alpha value is -2.32. The van der Waals surface area contributed by atoms with Crippen molar-refractivity contribution in [1.29, 1.82) is 0 Å². The van der Waals surface area contributed by atoms with E-state index in [4.69, 9.17) is 9.47 Å². The molecule has 1 rings (SSSR count). The highest BCUT2D eigenvalue weighted by Gasteiger charge is 2.08. The van der Waals surface area contributed by atoms with Gasteiger partial charge in [0.2, 0.25) is 0 Å². The number of carbonyl (C=O) groups is 2. The summed E-state index contributed by atoms with van der Waals surface area (Å²) >= 11 is 0. The van der Waals surface area contributed by atoms with Gasteiger partial charge in [-0.05, 0) is 58.2 Å². The second-order valence-electron chi connectivity index (χ2n) is 12.4. The molecule has 0 saturated carbocycles. The smallest absolute Gasteiger partial charge is 0.411 e. The highest BCUT2D eigenvalue weighted by atomic mass is 16.6. The van der Waals surface area contributed by atoms with Gasteiger partial charge in [-0.2, -0.15) is 0 Å². The highest BCUT2D eigenvalue weighted by Crippen LogP contribution is 2.16. The number of nitrogens with zero attached hydrogens (tertiary/aromatic N) is 2. The Morgan fingerprint density at radius 1 is 0.545 bits per heavy atom. The summed E-state index contributed by atoms with van der Waals surface area (Å²) in [4.78, 5) is 28.9. The number of amides is 2. The van der Waals surface area contributed by atoms with Crippen molar-refractivity contribution in [2.75, 3.05) is 64.1 Å². The quantitative estimate of drug-likeness (QED) is 0.0910. The van der Waals surface area contributed by atoms with Gasteiger partial charge in [0.25, 0.3) is 0 Å². The predicted molar refractivity (Wildman–Crippen MR) is 186 cm³/mol. The Morgan fingerprint density at radius 2 is 0.886 bits per heavy atom. The predicted octanol–water partition coefficient (Wildman–Crippen LogP) is 9.71. The molecule has 1 aromatic carbocycles. The summed E-state index contributed by atoms with van der Waals surface area (Å²) in [7, 11) is 4.13. The van der Waals surface area contributed by atoms with Crippen LogP contribution in [0.1, 0.15) is 129 Å². The van der Waals surface area contributed by atoms with Crippen molar-refractivity contribution < 1.29 is 19.1 Å². The van der Waals surface area contributed by atoms with E-state index in [2.05, 4.69) is 48.4 Å². The third-order valence-electron chi connectivity index (χ3n) is 8.05. The van der Waals surface area contributed by atoms with Crippen LogP contribution < -0.4 is 10.6 Å².